The van der Waals surface area contributed by atoms with Crippen LogP contribution in [0.15, 0.2) is 66.7 Å². The maximum atomic E-state index is 12.6. The zero-order valence-corrected chi connectivity index (χ0v) is 30.0. The number of methoxy groups -OCH3 is 3. The molecule has 0 fully saturated rings. The topological polar surface area (TPSA) is 91.0 Å². The molecule has 1 N–H and O–H groups in total. The van der Waals surface area contributed by atoms with Gasteiger partial charge in [-0.1, -0.05) is 24.3 Å². The molecule has 0 bridgehead atoms. The number of para-hydroxylation sites is 1. The number of carbonyl (C=O) groups excluding carboxylic acids is 1. The lowest BCUT2D eigenvalue weighted by Crippen LogP contribution is -2.33. The second-order valence-corrected chi connectivity index (χ2v) is 13.2. The van der Waals surface area contributed by atoms with Gasteiger partial charge in [-0.3, -0.25) is 4.90 Å². The number of nitrogens with zero attached hydrogens (tertiary/aromatic N) is 2. The van der Waals surface area contributed by atoms with Gasteiger partial charge >= 0.3 is 6.09 Å². The molecule has 4 aromatic carbocycles. The van der Waals surface area contributed by atoms with Gasteiger partial charge in [0.2, 0.25) is 5.75 Å². The van der Waals surface area contributed by atoms with Crippen LogP contribution in [0.3, 0.4) is 0 Å². The van der Waals surface area contributed by atoms with Gasteiger partial charge in [0.25, 0.3) is 0 Å². The first-order chi connectivity index (χ1) is 24.2. The first kappa shape index (κ1) is 34.9. The number of carbonyl (C=O) groups is 1. The number of ether oxygens (including phenoxy) is 6. The molecule has 0 unspecified atom stereocenters. The van der Waals surface area contributed by atoms with Gasteiger partial charge in [0, 0.05) is 37.3 Å². The summed E-state index contributed by atoms with van der Waals surface area (Å²) in [6, 6.07) is 21.5. The Bertz CT molecular complexity index is 1830. The van der Waals surface area contributed by atoms with E-state index < -0.39 is 6.09 Å². The number of rotatable bonds is 11. The number of benzene rings is 4. The summed E-state index contributed by atoms with van der Waals surface area (Å²) in [5, 5.41) is 2.78. The molecule has 0 spiro atoms. The normalized spacial score (nSPS) is 15.9. The third kappa shape index (κ3) is 7.61. The summed E-state index contributed by atoms with van der Waals surface area (Å²) in [7, 11) is 9.22. The minimum atomic E-state index is -0.534. The number of hydrogen-bond acceptors (Lipinski definition) is 9. The summed E-state index contributed by atoms with van der Waals surface area (Å²) in [5.41, 5.74) is 5.67. The Hall–Kier alpha value is -4.93. The van der Waals surface area contributed by atoms with Crippen molar-refractivity contribution in [2.75, 3.05) is 48.5 Å². The predicted octanol–water partition coefficient (Wildman–Crippen LogP) is 7.55. The fraction of sp³-hybridized carbons (Fsp3) is 0.375. The van der Waals surface area contributed by atoms with E-state index in [1.54, 1.807) is 27.4 Å². The number of hydrogen-bond donors (Lipinski definition) is 1. The molecule has 1 amide bonds. The second-order valence-electron chi connectivity index (χ2n) is 13.2. The number of amides is 1. The molecule has 2 aliphatic heterocycles. The highest BCUT2D eigenvalue weighted by Gasteiger charge is 2.30. The van der Waals surface area contributed by atoms with E-state index in [0.29, 0.717) is 52.4 Å². The lowest BCUT2D eigenvalue weighted by atomic mass is 9.88. The molecule has 0 aliphatic carbocycles. The van der Waals surface area contributed by atoms with Crippen molar-refractivity contribution >= 4 is 6.09 Å². The highest BCUT2D eigenvalue weighted by Crippen LogP contribution is 2.49. The van der Waals surface area contributed by atoms with Crippen LogP contribution in [0, 0.1) is 0 Å². The van der Waals surface area contributed by atoms with Gasteiger partial charge in [0.05, 0.1) is 21.3 Å². The fourth-order valence-electron chi connectivity index (χ4n) is 6.71. The van der Waals surface area contributed by atoms with Crippen LogP contribution in [0.1, 0.15) is 47.7 Å². The summed E-state index contributed by atoms with van der Waals surface area (Å²) in [6.45, 7) is 6.34. The Morgan fingerprint density at radius 2 is 1.50 bits per heavy atom. The highest BCUT2D eigenvalue weighted by atomic mass is 16.6. The van der Waals surface area contributed by atoms with E-state index >= 15 is 0 Å². The quantitative estimate of drug-likeness (QED) is 0.172. The second kappa shape index (κ2) is 15.3. The Kier molecular flexibility index (Phi) is 10.7. The molecule has 0 aromatic heterocycles. The molecule has 10 nitrogen and oxygen atoms in total. The zero-order valence-electron chi connectivity index (χ0n) is 30.0. The van der Waals surface area contributed by atoms with E-state index in [1.807, 2.05) is 56.3 Å². The summed E-state index contributed by atoms with van der Waals surface area (Å²) in [4.78, 5) is 17.2. The minimum absolute atomic E-state index is 0.0276. The van der Waals surface area contributed by atoms with Crippen molar-refractivity contribution in [1.82, 2.24) is 15.1 Å². The minimum Gasteiger partial charge on any atom is -0.493 e. The van der Waals surface area contributed by atoms with Crippen molar-refractivity contribution in [3.8, 4) is 46.0 Å². The molecule has 10 heteroatoms. The van der Waals surface area contributed by atoms with E-state index in [2.05, 4.69) is 47.4 Å². The van der Waals surface area contributed by atoms with Crippen molar-refractivity contribution in [2.24, 2.45) is 0 Å². The third-order valence-corrected chi connectivity index (χ3v) is 9.29. The van der Waals surface area contributed by atoms with Crippen LogP contribution in [0.5, 0.6) is 46.0 Å². The van der Waals surface area contributed by atoms with Crippen LogP contribution in [0.4, 0.5) is 4.79 Å². The molecule has 2 heterocycles. The van der Waals surface area contributed by atoms with Gasteiger partial charge < -0.3 is 38.6 Å². The molecular weight excluding hydrogens is 634 g/mol. The van der Waals surface area contributed by atoms with Gasteiger partial charge in [-0.15, -0.1) is 0 Å². The molecule has 50 heavy (non-hydrogen) atoms. The van der Waals surface area contributed by atoms with E-state index in [1.165, 1.54) is 11.1 Å². The van der Waals surface area contributed by atoms with Crippen LogP contribution in [-0.2, 0) is 25.8 Å². The monoisotopic (exact) mass is 681 g/mol. The largest absolute Gasteiger partial charge is 0.493 e. The Balaban J connectivity index is 1.36. The average Bonchev–Trinajstić information content (AvgIpc) is 3.10. The lowest BCUT2D eigenvalue weighted by molar-refractivity contribution is 0.196. The summed E-state index contributed by atoms with van der Waals surface area (Å²) >= 11 is 0. The zero-order chi connectivity index (χ0) is 35.4. The molecule has 0 saturated heterocycles. The molecule has 4 aromatic rings. The molecule has 6 rings (SSSR count). The third-order valence-electron chi connectivity index (χ3n) is 9.29. The van der Waals surface area contributed by atoms with Crippen molar-refractivity contribution < 1.29 is 33.2 Å². The molecule has 0 saturated carbocycles. The maximum absolute atomic E-state index is 12.6. The van der Waals surface area contributed by atoms with Crippen LogP contribution < -0.4 is 33.7 Å². The van der Waals surface area contributed by atoms with Crippen molar-refractivity contribution in [3.05, 3.63) is 94.5 Å². The lowest BCUT2D eigenvalue weighted by Gasteiger charge is -2.35. The molecular formula is C40H47N3O7. The first-order valence-electron chi connectivity index (χ1n) is 17.1. The molecule has 264 valence electrons. The predicted molar refractivity (Wildman–Crippen MR) is 193 cm³/mol. The Labute approximate surface area is 294 Å². The van der Waals surface area contributed by atoms with Crippen LogP contribution in [0.25, 0.3) is 0 Å². The molecule has 0 radical (unpaired) electrons. The van der Waals surface area contributed by atoms with E-state index in [9.17, 15) is 4.79 Å². The van der Waals surface area contributed by atoms with Crippen LogP contribution in [0.2, 0.25) is 0 Å². The van der Waals surface area contributed by atoms with E-state index in [0.717, 1.165) is 49.2 Å². The average molecular weight is 682 g/mol. The van der Waals surface area contributed by atoms with E-state index in [4.69, 9.17) is 28.4 Å². The Morgan fingerprint density at radius 1 is 0.780 bits per heavy atom. The number of nitrogens with one attached hydrogen (secondary N) is 1. The summed E-state index contributed by atoms with van der Waals surface area (Å²) in [5.74, 6) is 4.57. The van der Waals surface area contributed by atoms with Crippen LogP contribution in [-0.4, -0.2) is 70.4 Å². The van der Waals surface area contributed by atoms with Crippen molar-refractivity contribution in [2.45, 2.75) is 51.7 Å². The fourth-order valence-corrected chi connectivity index (χ4v) is 6.71. The standard InChI is InChI=1S/C40H47N3O7/c1-25(2)41-40(44)50-33-14-13-26(20-35(33)48-29-11-9-8-10-12-29)19-32-30-23-36(34(45-5)21-27(30)16-18-43(32)4)49-38-31-24-42(3)17-15-28(31)22-37(46-6)39(38)47-7/h8-14,20-23,25,32H,15-19,24H2,1-7H3,(H,41,44)/t32-/m1/s1. The van der Waals surface area contributed by atoms with Gasteiger partial charge in [0.15, 0.2) is 34.5 Å². The SMILES string of the molecule is COc1cc2c(cc1Oc1c3c(cc(OC)c1OC)CCN(C)C3)[C@@H](Cc1ccc(OC(=O)NC(C)C)c(Oc3ccccc3)c1)N(C)CC2. The van der Waals surface area contributed by atoms with Gasteiger partial charge in [0.1, 0.15) is 5.75 Å². The van der Waals surface area contributed by atoms with E-state index in [-0.39, 0.29) is 12.1 Å². The first-order valence-corrected chi connectivity index (χ1v) is 17.1. The van der Waals surface area contributed by atoms with Crippen LogP contribution >= 0.6 is 0 Å². The van der Waals surface area contributed by atoms with Crippen molar-refractivity contribution in [3.63, 3.8) is 0 Å². The molecule has 2 aliphatic rings. The summed E-state index contributed by atoms with van der Waals surface area (Å²) < 4.78 is 36.3. The number of fused-ring (bicyclic) bond motifs is 2. The summed E-state index contributed by atoms with van der Waals surface area (Å²) in [6.07, 6.45) is 1.91. The van der Waals surface area contributed by atoms with Gasteiger partial charge in [-0.25, -0.2) is 4.79 Å². The molecule has 1 atom stereocenters. The Morgan fingerprint density at radius 3 is 2.22 bits per heavy atom. The van der Waals surface area contributed by atoms with Gasteiger partial charge in [-0.2, -0.15) is 0 Å². The highest BCUT2D eigenvalue weighted by molar-refractivity contribution is 5.72. The van der Waals surface area contributed by atoms with Crippen molar-refractivity contribution in [1.29, 1.82) is 0 Å². The van der Waals surface area contributed by atoms with Gasteiger partial charge in [-0.05, 0) is 112 Å². The maximum Gasteiger partial charge on any atom is 0.412 e. The smallest absolute Gasteiger partial charge is 0.412 e. The number of likely N-dealkylation sites (N-methyl/N-ethyl adjacent to an activating group) is 2.